The Kier molecular flexibility index (Phi) is 3.49. The van der Waals surface area contributed by atoms with Crippen molar-refractivity contribution < 1.29 is 0 Å². The molecule has 0 saturated carbocycles. The van der Waals surface area contributed by atoms with Crippen molar-refractivity contribution in [2.24, 2.45) is 0 Å². The summed E-state index contributed by atoms with van der Waals surface area (Å²) < 4.78 is 1.31. The van der Waals surface area contributed by atoms with Gasteiger partial charge in [0.2, 0.25) is 0 Å². The molecule has 0 fully saturated rings. The minimum absolute atomic E-state index is 0.0453. The van der Waals surface area contributed by atoms with E-state index in [0.29, 0.717) is 5.92 Å². The van der Waals surface area contributed by atoms with Gasteiger partial charge in [-0.05, 0) is 85.3 Å². The van der Waals surface area contributed by atoms with E-state index in [-0.39, 0.29) is 5.41 Å². The average molecular weight is 448 g/mol. The average Bonchev–Trinajstić information content (AvgIpc) is 3.11. The SMILES string of the molecule is CC1C=Cc2cccc(-c3ccc4c(c3)C(C)(C)c3cc(I)ccc3-4)c21. The first kappa shape index (κ1) is 16.3. The molecular weight excluding hydrogens is 427 g/mol. The zero-order valence-electron chi connectivity index (χ0n) is 15.3. The quantitative estimate of drug-likeness (QED) is 0.341. The fourth-order valence-electron chi connectivity index (χ4n) is 4.71. The van der Waals surface area contributed by atoms with Crippen LogP contribution in [0, 0.1) is 3.57 Å². The van der Waals surface area contributed by atoms with E-state index in [1.807, 2.05) is 0 Å². The van der Waals surface area contributed by atoms with Crippen LogP contribution in [-0.4, -0.2) is 0 Å². The molecule has 0 aromatic heterocycles. The van der Waals surface area contributed by atoms with Crippen molar-refractivity contribution >= 4 is 28.7 Å². The summed E-state index contributed by atoms with van der Waals surface area (Å²) in [5.74, 6) is 0.487. The smallest absolute Gasteiger partial charge is 0.0159 e. The van der Waals surface area contributed by atoms with Gasteiger partial charge >= 0.3 is 0 Å². The first-order valence-corrected chi connectivity index (χ1v) is 10.3. The van der Waals surface area contributed by atoms with Crippen molar-refractivity contribution in [1.82, 2.24) is 0 Å². The molecule has 26 heavy (non-hydrogen) atoms. The lowest BCUT2D eigenvalue weighted by Gasteiger charge is -2.22. The molecule has 1 heteroatoms. The molecule has 3 aromatic rings. The van der Waals surface area contributed by atoms with E-state index in [1.165, 1.54) is 48.1 Å². The lowest BCUT2D eigenvalue weighted by Crippen LogP contribution is -2.15. The van der Waals surface area contributed by atoms with Crippen molar-refractivity contribution in [3.05, 3.63) is 86.5 Å². The van der Waals surface area contributed by atoms with Gasteiger partial charge in [-0.15, -0.1) is 0 Å². The Bertz CT molecular complexity index is 1090. The topological polar surface area (TPSA) is 0 Å². The molecule has 0 bridgehead atoms. The molecule has 128 valence electrons. The Morgan fingerprint density at radius 3 is 2.38 bits per heavy atom. The lowest BCUT2D eigenvalue weighted by molar-refractivity contribution is 0.660. The summed E-state index contributed by atoms with van der Waals surface area (Å²) in [6.45, 7) is 7.01. The van der Waals surface area contributed by atoms with Crippen molar-refractivity contribution in [2.45, 2.75) is 32.1 Å². The van der Waals surface area contributed by atoms with E-state index in [1.54, 1.807) is 0 Å². The molecule has 0 aliphatic heterocycles. The molecule has 2 aliphatic carbocycles. The predicted octanol–water partition coefficient (Wildman–Crippen LogP) is 7.39. The van der Waals surface area contributed by atoms with Gasteiger partial charge in [0.05, 0.1) is 0 Å². The second-order valence-corrected chi connectivity index (χ2v) is 9.28. The summed E-state index contributed by atoms with van der Waals surface area (Å²) in [5.41, 5.74) is 11.3. The Hall–Kier alpha value is -1.87. The number of allylic oxidation sites excluding steroid dienone is 1. The summed E-state index contributed by atoms with van der Waals surface area (Å²) in [6.07, 6.45) is 4.57. The van der Waals surface area contributed by atoms with Crippen LogP contribution in [0.3, 0.4) is 0 Å². The monoisotopic (exact) mass is 448 g/mol. The van der Waals surface area contributed by atoms with Crippen LogP contribution in [0.2, 0.25) is 0 Å². The Labute approximate surface area is 169 Å². The molecule has 1 atom stereocenters. The molecule has 1 unspecified atom stereocenters. The predicted molar refractivity (Wildman–Crippen MR) is 120 cm³/mol. The lowest BCUT2D eigenvalue weighted by atomic mass is 9.81. The normalized spacial score (nSPS) is 18.5. The maximum absolute atomic E-state index is 2.43. The van der Waals surface area contributed by atoms with Crippen molar-refractivity contribution in [3.63, 3.8) is 0 Å². The summed E-state index contributed by atoms with van der Waals surface area (Å²) in [7, 11) is 0. The van der Waals surface area contributed by atoms with E-state index in [9.17, 15) is 0 Å². The fourth-order valence-corrected chi connectivity index (χ4v) is 5.20. The van der Waals surface area contributed by atoms with Gasteiger partial charge in [0.1, 0.15) is 0 Å². The summed E-state index contributed by atoms with van der Waals surface area (Å²) >= 11 is 2.42. The number of halogens is 1. The van der Waals surface area contributed by atoms with E-state index in [2.05, 4.69) is 110 Å². The second kappa shape index (κ2) is 5.56. The number of rotatable bonds is 1. The third kappa shape index (κ3) is 2.19. The van der Waals surface area contributed by atoms with E-state index in [0.717, 1.165) is 0 Å². The van der Waals surface area contributed by atoms with Gasteiger partial charge in [-0.1, -0.05) is 69.3 Å². The van der Waals surface area contributed by atoms with Crippen LogP contribution in [0.5, 0.6) is 0 Å². The highest BCUT2D eigenvalue weighted by Gasteiger charge is 2.35. The molecule has 2 aliphatic rings. The van der Waals surface area contributed by atoms with E-state index >= 15 is 0 Å². The van der Waals surface area contributed by atoms with Crippen LogP contribution in [0.4, 0.5) is 0 Å². The van der Waals surface area contributed by atoms with Crippen molar-refractivity contribution in [2.75, 3.05) is 0 Å². The number of hydrogen-bond donors (Lipinski definition) is 0. The number of fused-ring (bicyclic) bond motifs is 4. The molecule has 3 aromatic carbocycles. The van der Waals surface area contributed by atoms with Gasteiger partial charge in [0.25, 0.3) is 0 Å². The van der Waals surface area contributed by atoms with Crippen LogP contribution in [0.15, 0.2) is 60.7 Å². The Morgan fingerprint density at radius 2 is 1.58 bits per heavy atom. The van der Waals surface area contributed by atoms with E-state index in [4.69, 9.17) is 0 Å². The Balaban J connectivity index is 1.71. The molecule has 0 amide bonds. The Morgan fingerprint density at radius 1 is 0.846 bits per heavy atom. The second-order valence-electron chi connectivity index (χ2n) is 8.03. The third-order valence-electron chi connectivity index (χ3n) is 6.11. The largest absolute Gasteiger partial charge is 0.0766 e. The third-order valence-corrected chi connectivity index (χ3v) is 6.78. The highest BCUT2D eigenvalue weighted by Crippen LogP contribution is 2.50. The van der Waals surface area contributed by atoms with Gasteiger partial charge in [0, 0.05) is 14.9 Å². The maximum atomic E-state index is 2.43. The van der Waals surface area contributed by atoms with Crippen molar-refractivity contribution in [1.29, 1.82) is 0 Å². The van der Waals surface area contributed by atoms with Crippen LogP contribution >= 0.6 is 22.6 Å². The molecule has 5 rings (SSSR count). The minimum atomic E-state index is 0.0453. The van der Waals surface area contributed by atoms with Gasteiger partial charge in [-0.2, -0.15) is 0 Å². The molecule has 0 saturated heterocycles. The van der Waals surface area contributed by atoms with Crippen LogP contribution in [0.1, 0.15) is 48.9 Å². The van der Waals surface area contributed by atoms with E-state index < -0.39 is 0 Å². The fraction of sp³-hybridized carbons (Fsp3) is 0.200. The molecule has 0 nitrogen and oxygen atoms in total. The van der Waals surface area contributed by atoms with Crippen LogP contribution in [-0.2, 0) is 5.41 Å². The standard InChI is InChI=1S/C25H21I/c1-15-7-8-16-5-4-6-19(24(15)16)17-9-11-20-21-12-10-18(26)14-23(21)25(2,3)22(20)13-17/h4-15H,1-3H3. The zero-order valence-corrected chi connectivity index (χ0v) is 17.5. The molecule has 0 radical (unpaired) electrons. The van der Waals surface area contributed by atoms with Gasteiger partial charge in [-0.3, -0.25) is 0 Å². The number of hydrogen-bond acceptors (Lipinski definition) is 0. The molecule has 0 N–H and O–H groups in total. The van der Waals surface area contributed by atoms with Crippen LogP contribution < -0.4 is 0 Å². The van der Waals surface area contributed by atoms with Gasteiger partial charge in [-0.25, -0.2) is 0 Å². The molecule has 0 heterocycles. The minimum Gasteiger partial charge on any atom is -0.0766 e. The zero-order chi connectivity index (χ0) is 18.1. The van der Waals surface area contributed by atoms with Crippen molar-refractivity contribution in [3.8, 4) is 22.3 Å². The van der Waals surface area contributed by atoms with Crippen LogP contribution in [0.25, 0.3) is 28.3 Å². The molecular formula is C25H21I. The summed E-state index contributed by atoms with van der Waals surface area (Å²) in [6, 6.07) is 20.6. The first-order chi connectivity index (χ1) is 12.5. The highest BCUT2D eigenvalue weighted by molar-refractivity contribution is 14.1. The molecule has 0 spiro atoms. The maximum Gasteiger partial charge on any atom is 0.0159 e. The van der Waals surface area contributed by atoms with Gasteiger partial charge in [0.15, 0.2) is 0 Å². The highest BCUT2D eigenvalue weighted by atomic mass is 127. The summed E-state index contributed by atoms with van der Waals surface area (Å²) in [5, 5.41) is 0. The number of benzene rings is 3. The van der Waals surface area contributed by atoms with Gasteiger partial charge < -0.3 is 0 Å². The first-order valence-electron chi connectivity index (χ1n) is 9.23. The summed E-state index contributed by atoms with van der Waals surface area (Å²) in [4.78, 5) is 0.